The van der Waals surface area contributed by atoms with Crippen molar-refractivity contribution in [2.45, 2.75) is 26.7 Å². The third-order valence-electron chi connectivity index (χ3n) is 6.36. The molecule has 0 saturated heterocycles. The summed E-state index contributed by atoms with van der Waals surface area (Å²) in [4.78, 5) is 0. The van der Waals surface area contributed by atoms with Crippen molar-refractivity contribution in [3.8, 4) is 39.1 Å². The minimum absolute atomic E-state index is 0.0397. The molecule has 0 spiro atoms. The van der Waals surface area contributed by atoms with Crippen LogP contribution in [-0.4, -0.2) is 6.61 Å². The number of rotatable bonds is 8. The predicted octanol–water partition coefficient (Wildman–Crippen LogP) is 9.71. The Labute approximate surface area is 225 Å². The normalized spacial score (nSPS) is 11.4. The highest BCUT2D eigenvalue weighted by Crippen LogP contribution is 2.38. The number of aryl methyl sites for hydroxylation is 1. The van der Waals surface area contributed by atoms with Crippen LogP contribution in [0.2, 0.25) is 0 Å². The summed E-state index contributed by atoms with van der Waals surface area (Å²) in [5, 5.41) is 0. The molecule has 0 radical (unpaired) electrons. The lowest BCUT2D eigenvalue weighted by molar-refractivity contribution is 0.314. The van der Waals surface area contributed by atoms with Crippen LogP contribution in [0.4, 0.5) is 35.1 Å². The van der Waals surface area contributed by atoms with Gasteiger partial charge < -0.3 is 4.74 Å². The Hall–Kier alpha value is -4.14. The topological polar surface area (TPSA) is 9.23 Å². The SMILES string of the molecule is CC=CCCc1ccc(-c2ccc(-c3ccc(-c4ccc(OCC)c(F)c4F)c(F)c3F)c(F)c2F)c(F)c1F. The summed E-state index contributed by atoms with van der Waals surface area (Å²) >= 11 is 0. The summed E-state index contributed by atoms with van der Waals surface area (Å²) in [6, 6.07) is 7.98. The van der Waals surface area contributed by atoms with Crippen LogP contribution in [0.25, 0.3) is 33.4 Å². The van der Waals surface area contributed by atoms with E-state index in [-0.39, 0.29) is 18.6 Å². The summed E-state index contributed by atoms with van der Waals surface area (Å²) in [6.07, 6.45) is 4.16. The van der Waals surface area contributed by atoms with Crippen LogP contribution >= 0.6 is 0 Å². The highest BCUT2D eigenvalue weighted by Gasteiger charge is 2.25. The molecule has 1 nitrogen and oxygen atoms in total. The number of hydrogen-bond acceptors (Lipinski definition) is 1. The van der Waals surface area contributed by atoms with E-state index in [2.05, 4.69) is 0 Å². The van der Waals surface area contributed by atoms with E-state index in [4.69, 9.17) is 4.74 Å². The number of allylic oxidation sites excluding steroid dienone is 2. The lowest BCUT2D eigenvalue weighted by Crippen LogP contribution is -2.02. The third kappa shape index (κ3) is 5.20. The Morgan fingerprint density at radius 2 is 0.900 bits per heavy atom. The van der Waals surface area contributed by atoms with Crippen LogP contribution in [-0.2, 0) is 6.42 Å². The second-order valence-corrected chi connectivity index (χ2v) is 8.76. The van der Waals surface area contributed by atoms with Crippen molar-refractivity contribution in [1.29, 1.82) is 0 Å². The lowest BCUT2D eigenvalue weighted by atomic mass is 9.95. The summed E-state index contributed by atoms with van der Waals surface area (Å²) in [5.74, 6) is -12.4. The molecule has 40 heavy (non-hydrogen) atoms. The van der Waals surface area contributed by atoms with Crippen LogP contribution in [0.1, 0.15) is 25.8 Å². The highest BCUT2D eigenvalue weighted by molar-refractivity contribution is 5.76. The van der Waals surface area contributed by atoms with Gasteiger partial charge in [-0.15, -0.1) is 0 Å². The molecule has 208 valence electrons. The molecule has 0 heterocycles. The van der Waals surface area contributed by atoms with E-state index in [1.54, 1.807) is 26.0 Å². The first kappa shape index (κ1) is 28.9. The fraction of sp³-hybridized carbons (Fsp3) is 0.161. The van der Waals surface area contributed by atoms with Gasteiger partial charge in [0.1, 0.15) is 0 Å². The second kappa shape index (κ2) is 11.9. The molecule has 9 heteroatoms. The molecule has 0 aliphatic carbocycles. The van der Waals surface area contributed by atoms with Gasteiger partial charge in [0.05, 0.1) is 6.61 Å². The Morgan fingerprint density at radius 1 is 0.525 bits per heavy atom. The minimum Gasteiger partial charge on any atom is -0.491 e. The molecule has 0 saturated carbocycles. The molecule has 0 fully saturated rings. The number of ether oxygens (including phenoxy) is 1. The van der Waals surface area contributed by atoms with Crippen molar-refractivity contribution in [2.75, 3.05) is 6.61 Å². The lowest BCUT2D eigenvalue weighted by Gasteiger charge is -2.14. The first-order chi connectivity index (χ1) is 19.1. The smallest absolute Gasteiger partial charge is 0.201 e. The van der Waals surface area contributed by atoms with Crippen molar-refractivity contribution >= 4 is 0 Å². The average molecular weight is 563 g/mol. The van der Waals surface area contributed by atoms with E-state index >= 15 is 17.6 Å². The van der Waals surface area contributed by atoms with Crippen molar-refractivity contribution < 1.29 is 39.9 Å². The largest absolute Gasteiger partial charge is 0.491 e. The van der Waals surface area contributed by atoms with Crippen LogP contribution in [0, 0.1) is 46.5 Å². The van der Waals surface area contributed by atoms with Gasteiger partial charge in [-0.2, -0.15) is 4.39 Å². The van der Waals surface area contributed by atoms with E-state index in [1.165, 1.54) is 6.07 Å². The molecule has 0 aliphatic heterocycles. The number of halogens is 8. The standard InChI is InChI=1S/C31H22F8O/c1-3-5-6-7-16-8-9-17(25(33)24(16)32)18-10-11-19(27(35)26(18)34)20-12-13-21(29(37)28(20)36)22-14-15-23(40-4-2)31(39)30(22)38/h3,5,8-15H,4,6-7H2,1-2H3. The molecule has 0 unspecified atom stereocenters. The summed E-state index contributed by atoms with van der Waals surface area (Å²) < 4.78 is 123. The van der Waals surface area contributed by atoms with Gasteiger partial charge in [-0.3, -0.25) is 0 Å². The third-order valence-corrected chi connectivity index (χ3v) is 6.36. The maximum atomic E-state index is 15.1. The van der Waals surface area contributed by atoms with E-state index in [0.717, 1.165) is 42.5 Å². The van der Waals surface area contributed by atoms with E-state index < -0.39 is 85.7 Å². The van der Waals surface area contributed by atoms with Gasteiger partial charge in [-0.05, 0) is 44.4 Å². The quantitative estimate of drug-likeness (QED) is 0.153. The van der Waals surface area contributed by atoms with Crippen molar-refractivity contribution in [3.05, 3.63) is 113 Å². The molecule has 4 aromatic rings. The zero-order valence-electron chi connectivity index (χ0n) is 21.3. The van der Waals surface area contributed by atoms with Gasteiger partial charge in [0.2, 0.25) is 5.82 Å². The Morgan fingerprint density at radius 3 is 1.32 bits per heavy atom. The summed E-state index contributed by atoms with van der Waals surface area (Å²) in [6.45, 7) is 3.36. The van der Waals surface area contributed by atoms with Crippen molar-refractivity contribution in [1.82, 2.24) is 0 Å². The summed E-state index contributed by atoms with van der Waals surface area (Å²) in [5.41, 5.74) is -3.83. The minimum atomic E-state index is -1.65. The van der Waals surface area contributed by atoms with E-state index in [1.807, 2.05) is 0 Å². The zero-order valence-corrected chi connectivity index (χ0v) is 21.3. The molecule has 0 N–H and O–H groups in total. The zero-order chi connectivity index (χ0) is 29.1. The second-order valence-electron chi connectivity index (χ2n) is 8.76. The molecular formula is C31H22F8O. The van der Waals surface area contributed by atoms with E-state index in [0.29, 0.717) is 6.42 Å². The average Bonchev–Trinajstić information content (AvgIpc) is 2.94. The molecule has 0 aromatic heterocycles. The van der Waals surface area contributed by atoms with Crippen molar-refractivity contribution in [3.63, 3.8) is 0 Å². The molecule has 4 rings (SSSR count). The maximum absolute atomic E-state index is 15.1. The first-order valence-electron chi connectivity index (χ1n) is 12.3. The molecule has 0 amide bonds. The first-order valence-corrected chi connectivity index (χ1v) is 12.3. The van der Waals surface area contributed by atoms with Crippen LogP contribution in [0.5, 0.6) is 5.75 Å². The van der Waals surface area contributed by atoms with Gasteiger partial charge in [0.15, 0.2) is 46.5 Å². The Bertz CT molecular complexity index is 1610. The molecule has 0 bridgehead atoms. The molecular weight excluding hydrogens is 540 g/mol. The maximum Gasteiger partial charge on any atom is 0.201 e. The van der Waals surface area contributed by atoms with Gasteiger partial charge in [0, 0.05) is 33.4 Å². The van der Waals surface area contributed by atoms with Crippen LogP contribution in [0.3, 0.4) is 0 Å². The summed E-state index contributed by atoms with van der Waals surface area (Å²) in [7, 11) is 0. The fourth-order valence-electron chi connectivity index (χ4n) is 4.33. The number of hydrogen-bond donors (Lipinski definition) is 0. The number of benzene rings is 4. The molecule has 4 aromatic carbocycles. The monoisotopic (exact) mass is 562 g/mol. The molecule has 0 aliphatic rings. The van der Waals surface area contributed by atoms with E-state index in [9.17, 15) is 17.6 Å². The highest BCUT2D eigenvalue weighted by atomic mass is 19.2. The van der Waals surface area contributed by atoms with Gasteiger partial charge in [0.25, 0.3) is 0 Å². The predicted molar refractivity (Wildman–Crippen MR) is 137 cm³/mol. The molecule has 0 atom stereocenters. The van der Waals surface area contributed by atoms with Crippen LogP contribution < -0.4 is 4.74 Å². The van der Waals surface area contributed by atoms with Crippen LogP contribution in [0.15, 0.2) is 60.7 Å². The fourth-order valence-corrected chi connectivity index (χ4v) is 4.33. The van der Waals surface area contributed by atoms with Gasteiger partial charge in [-0.1, -0.05) is 48.6 Å². The van der Waals surface area contributed by atoms with Gasteiger partial charge in [-0.25, -0.2) is 30.7 Å². The van der Waals surface area contributed by atoms with Crippen molar-refractivity contribution in [2.24, 2.45) is 0 Å². The Kier molecular flexibility index (Phi) is 8.61. The van der Waals surface area contributed by atoms with Gasteiger partial charge >= 0.3 is 0 Å². The Balaban J connectivity index is 1.74.